The number of alkyl halides is 3. The van der Waals surface area contributed by atoms with Crippen LogP contribution in [0.2, 0.25) is 5.02 Å². The van der Waals surface area contributed by atoms with Crippen LogP contribution >= 0.6 is 11.6 Å². The van der Waals surface area contributed by atoms with Crippen LogP contribution in [0.5, 0.6) is 0 Å². The molecule has 1 aliphatic rings. The smallest absolute Gasteiger partial charge is 0.417 e. The van der Waals surface area contributed by atoms with Crippen molar-refractivity contribution in [1.29, 1.82) is 0 Å². The van der Waals surface area contributed by atoms with Crippen molar-refractivity contribution >= 4 is 34.5 Å². The molecule has 5 rings (SSSR count). The SMILES string of the molecule is O=C(NCCc1ncc(C(F)(F)F)cc1Cl)c1n[nH]c2c1CN(C(=O)c1cnc3ccoc3c1)CC2. The Hall–Kier alpha value is -3.93. The fourth-order valence-corrected chi connectivity index (χ4v) is 4.25. The number of carbonyl (C=O) groups is 2. The molecule has 0 atom stereocenters. The van der Waals surface area contributed by atoms with Gasteiger partial charge in [-0.05, 0) is 12.1 Å². The van der Waals surface area contributed by atoms with Crippen molar-refractivity contribution in [2.24, 2.45) is 0 Å². The van der Waals surface area contributed by atoms with Gasteiger partial charge in [0.25, 0.3) is 11.8 Å². The first-order chi connectivity index (χ1) is 17.2. The number of furan rings is 1. The maximum Gasteiger partial charge on any atom is 0.417 e. The van der Waals surface area contributed by atoms with Crippen molar-refractivity contribution in [3.63, 3.8) is 0 Å². The molecule has 4 aromatic heterocycles. The minimum absolute atomic E-state index is 0.0794. The van der Waals surface area contributed by atoms with Gasteiger partial charge >= 0.3 is 6.18 Å². The molecule has 0 fully saturated rings. The monoisotopic (exact) mass is 518 g/mol. The van der Waals surface area contributed by atoms with Gasteiger partial charge in [-0.1, -0.05) is 11.6 Å². The van der Waals surface area contributed by atoms with Crippen molar-refractivity contribution in [3.05, 3.63) is 75.7 Å². The van der Waals surface area contributed by atoms with Crippen molar-refractivity contribution in [2.75, 3.05) is 13.1 Å². The molecule has 4 aromatic rings. The minimum atomic E-state index is -4.54. The summed E-state index contributed by atoms with van der Waals surface area (Å²) in [4.78, 5) is 35.4. The Morgan fingerprint density at radius 1 is 1.22 bits per heavy atom. The number of carbonyl (C=O) groups excluding carboxylic acids is 2. The van der Waals surface area contributed by atoms with Gasteiger partial charge in [0.2, 0.25) is 0 Å². The summed E-state index contributed by atoms with van der Waals surface area (Å²) in [5.74, 6) is -0.731. The molecule has 0 unspecified atom stereocenters. The number of hydrogen-bond acceptors (Lipinski definition) is 6. The number of amides is 2. The molecule has 0 saturated carbocycles. The molecule has 9 nitrogen and oxygen atoms in total. The zero-order valence-electron chi connectivity index (χ0n) is 18.5. The normalized spacial score (nSPS) is 13.6. The number of pyridine rings is 2. The van der Waals surface area contributed by atoms with E-state index in [0.29, 0.717) is 41.4 Å². The van der Waals surface area contributed by atoms with Crippen molar-refractivity contribution in [3.8, 4) is 0 Å². The first kappa shape index (κ1) is 23.8. The van der Waals surface area contributed by atoms with Crippen LogP contribution in [0.15, 0.2) is 41.3 Å². The maximum absolute atomic E-state index is 13.0. The largest absolute Gasteiger partial charge is 0.463 e. The lowest BCUT2D eigenvalue weighted by atomic mass is 10.0. The quantitative estimate of drug-likeness (QED) is 0.415. The third kappa shape index (κ3) is 4.63. The second kappa shape index (κ2) is 9.26. The van der Waals surface area contributed by atoms with E-state index in [0.717, 1.165) is 11.8 Å². The number of fused-ring (bicyclic) bond motifs is 2. The van der Waals surface area contributed by atoms with Gasteiger partial charge in [-0.3, -0.25) is 24.7 Å². The molecule has 36 heavy (non-hydrogen) atoms. The lowest BCUT2D eigenvalue weighted by molar-refractivity contribution is -0.137. The number of halogens is 4. The lowest BCUT2D eigenvalue weighted by Gasteiger charge is -2.27. The van der Waals surface area contributed by atoms with E-state index in [-0.39, 0.29) is 41.8 Å². The average Bonchev–Trinajstić information content (AvgIpc) is 3.50. The highest BCUT2D eigenvalue weighted by Gasteiger charge is 2.32. The van der Waals surface area contributed by atoms with Crippen molar-refractivity contribution in [2.45, 2.75) is 25.6 Å². The van der Waals surface area contributed by atoms with E-state index < -0.39 is 17.6 Å². The Morgan fingerprint density at radius 2 is 2.06 bits per heavy atom. The van der Waals surface area contributed by atoms with Crippen LogP contribution < -0.4 is 5.32 Å². The molecular formula is C23H18ClF3N6O3. The van der Waals surface area contributed by atoms with Gasteiger partial charge in [-0.25, -0.2) is 0 Å². The molecule has 5 heterocycles. The predicted molar refractivity (Wildman–Crippen MR) is 121 cm³/mol. The Labute approximate surface area is 206 Å². The van der Waals surface area contributed by atoms with E-state index in [9.17, 15) is 22.8 Å². The Bertz CT molecular complexity index is 1470. The molecule has 2 amide bonds. The summed E-state index contributed by atoms with van der Waals surface area (Å²) < 4.78 is 43.7. The van der Waals surface area contributed by atoms with E-state index in [1.807, 2.05) is 0 Å². The fraction of sp³-hybridized carbons (Fsp3) is 0.261. The van der Waals surface area contributed by atoms with Crippen LogP contribution in [0, 0.1) is 0 Å². The molecule has 13 heteroatoms. The first-order valence-corrected chi connectivity index (χ1v) is 11.3. The van der Waals surface area contributed by atoms with Gasteiger partial charge < -0.3 is 14.6 Å². The van der Waals surface area contributed by atoms with Gasteiger partial charge in [0.1, 0.15) is 5.52 Å². The topological polar surface area (TPSA) is 117 Å². The van der Waals surface area contributed by atoms with E-state index in [4.69, 9.17) is 16.0 Å². The van der Waals surface area contributed by atoms with Gasteiger partial charge in [0.05, 0.1) is 34.7 Å². The maximum atomic E-state index is 13.0. The zero-order chi connectivity index (χ0) is 25.4. The van der Waals surface area contributed by atoms with Gasteiger partial charge in [0.15, 0.2) is 11.3 Å². The van der Waals surface area contributed by atoms with E-state index >= 15 is 0 Å². The molecule has 0 saturated heterocycles. The molecule has 0 aliphatic carbocycles. The zero-order valence-corrected chi connectivity index (χ0v) is 19.3. The van der Waals surface area contributed by atoms with Crippen LogP contribution in [0.25, 0.3) is 11.1 Å². The summed E-state index contributed by atoms with van der Waals surface area (Å²) in [6, 6.07) is 4.14. The highest BCUT2D eigenvalue weighted by Crippen LogP contribution is 2.31. The molecule has 1 aliphatic heterocycles. The standard InChI is InChI=1S/C23H18ClF3N6O3/c24-15-8-13(23(25,26)27)10-30-17(15)1-4-28-21(34)20-14-11-33(5-2-16(14)31-32-20)22(35)12-7-19-18(29-9-12)3-6-36-19/h3,6-10H,1-2,4-5,11H2,(H,28,34)(H,31,32). The number of aromatic nitrogens is 4. The van der Waals surface area contributed by atoms with Gasteiger partial charge in [0, 0.05) is 55.6 Å². The van der Waals surface area contributed by atoms with Crippen LogP contribution in [-0.4, -0.2) is 50.0 Å². The molecule has 0 aromatic carbocycles. The van der Waals surface area contributed by atoms with E-state index in [1.165, 1.54) is 12.5 Å². The third-order valence-electron chi connectivity index (χ3n) is 5.88. The number of rotatable bonds is 5. The number of aromatic amines is 1. The molecule has 0 radical (unpaired) electrons. The van der Waals surface area contributed by atoms with Crippen LogP contribution in [-0.2, 0) is 25.6 Å². The Morgan fingerprint density at radius 3 is 2.83 bits per heavy atom. The van der Waals surface area contributed by atoms with Crippen molar-refractivity contribution < 1.29 is 27.2 Å². The van der Waals surface area contributed by atoms with Crippen LogP contribution in [0.4, 0.5) is 13.2 Å². The molecule has 2 N–H and O–H groups in total. The summed E-state index contributed by atoms with van der Waals surface area (Å²) in [6.45, 7) is 0.690. The molecular weight excluding hydrogens is 501 g/mol. The summed E-state index contributed by atoms with van der Waals surface area (Å²) >= 11 is 5.93. The minimum Gasteiger partial charge on any atom is -0.463 e. The third-order valence-corrected chi connectivity index (χ3v) is 6.20. The highest BCUT2D eigenvalue weighted by atomic mass is 35.5. The van der Waals surface area contributed by atoms with Crippen LogP contribution in [0.3, 0.4) is 0 Å². The van der Waals surface area contributed by atoms with Crippen molar-refractivity contribution in [1.82, 2.24) is 30.4 Å². The molecule has 186 valence electrons. The number of nitrogens with zero attached hydrogens (tertiary/aromatic N) is 4. The lowest BCUT2D eigenvalue weighted by Crippen LogP contribution is -2.37. The average molecular weight is 519 g/mol. The number of hydrogen-bond donors (Lipinski definition) is 2. The molecule has 0 bridgehead atoms. The van der Waals surface area contributed by atoms with Crippen LogP contribution in [0.1, 0.15) is 43.4 Å². The summed E-state index contributed by atoms with van der Waals surface area (Å²) in [5.41, 5.74) is 2.32. The van der Waals surface area contributed by atoms with E-state index in [1.54, 1.807) is 17.0 Å². The Kier molecular flexibility index (Phi) is 6.12. The second-order valence-electron chi connectivity index (χ2n) is 8.19. The van der Waals surface area contributed by atoms with Gasteiger partial charge in [-0.15, -0.1) is 0 Å². The summed E-state index contributed by atoms with van der Waals surface area (Å²) in [7, 11) is 0. The summed E-state index contributed by atoms with van der Waals surface area (Å²) in [5, 5.41) is 9.51. The fourth-order valence-electron chi connectivity index (χ4n) is 3.99. The first-order valence-electron chi connectivity index (χ1n) is 10.9. The number of H-pyrrole nitrogens is 1. The predicted octanol–water partition coefficient (Wildman–Crippen LogP) is 3.79. The second-order valence-corrected chi connectivity index (χ2v) is 8.60. The summed E-state index contributed by atoms with van der Waals surface area (Å²) in [6.07, 6.45) is -0.237. The number of nitrogens with one attached hydrogen (secondary N) is 2. The highest BCUT2D eigenvalue weighted by molar-refractivity contribution is 6.31. The Balaban J connectivity index is 1.23. The molecule has 0 spiro atoms. The van der Waals surface area contributed by atoms with Gasteiger partial charge in [-0.2, -0.15) is 18.3 Å². The van der Waals surface area contributed by atoms with E-state index in [2.05, 4.69) is 25.5 Å².